The molecule has 0 fully saturated rings. The molecule has 9 aromatic rings. The maximum absolute atomic E-state index is 5.00. The number of fused-ring (bicyclic) bond motifs is 8. The van der Waals surface area contributed by atoms with Gasteiger partial charge in [-0.1, -0.05) is 117 Å². The summed E-state index contributed by atoms with van der Waals surface area (Å²) < 4.78 is 2.43. The van der Waals surface area contributed by atoms with Crippen LogP contribution in [0, 0.1) is 6.92 Å². The van der Waals surface area contributed by atoms with E-state index in [1.807, 2.05) is 0 Å². The summed E-state index contributed by atoms with van der Waals surface area (Å²) in [7, 11) is 0. The SMILES string of the molecule is Cc1cccc(-c2c3ccccc3c(-c3ccc4c(c3)C(C)(C)c3cc5c(cc3-4)c3ccccc3n5-c3ccccc3)c3ccccc23)n1. The lowest BCUT2D eigenvalue weighted by molar-refractivity contribution is 0.661. The van der Waals surface area contributed by atoms with Crippen molar-refractivity contribution in [1.29, 1.82) is 0 Å². The van der Waals surface area contributed by atoms with Gasteiger partial charge >= 0.3 is 0 Å². The van der Waals surface area contributed by atoms with Gasteiger partial charge in [0, 0.05) is 33.1 Å². The summed E-state index contributed by atoms with van der Waals surface area (Å²) in [6.45, 7) is 6.86. The molecule has 2 heterocycles. The van der Waals surface area contributed by atoms with Crippen molar-refractivity contribution < 1.29 is 0 Å². The Bertz CT molecular complexity index is 2740. The fourth-order valence-electron chi connectivity index (χ4n) is 8.60. The molecule has 0 atom stereocenters. The van der Waals surface area contributed by atoms with Crippen LogP contribution in [0.5, 0.6) is 0 Å². The third-order valence-corrected chi connectivity index (χ3v) is 10.8. The van der Waals surface area contributed by atoms with Crippen molar-refractivity contribution >= 4 is 43.4 Å². The second kappa shape index (κ2) is 10.3. The fraction of sp³-hybridized carbons (Fsp3) is 0.0851. The monoisotopic (exact) mass is 626 g/mol. The van der Waals surface area contributed by atoms with Gasteiger partial charge < -0.3 is 4.57 Å². The molecule has 0 amide bonds. The molecule has 0 bridgehead atoms. The highest BCUT2D eigenvalue weighted by Crippen LogP contribution is 2.53. The summed E-state index contributed by atoms with van der Waals surface area (Å²) in [6.07, 6.45) is 0. The first-order valence-corrected chi connectivity index (χ1v) is 17.1. The highest BCUT2D eigenvalue weighted by atomic mass is 15.0. The van der Waals surface area contributed by atoms with Gasteiger partial charge in [-0.25, -0.2) is 0 Å². The van der Waals surface area contributed by atoms with Crippen LogP contribution in [-0.4, -0.2) is 9.55 Å². The maximum atomic E-state index is 5.00. The molecule has 232 valence electrons. The van der Waals surface area contributed by atoms with Crippen molar-refractivity contribution in [3.05, 3.63) is 168 Å². The van der Waals surface area contributed by atoms with Crippen LogP contribution < -0.4 is 0 Å². The molecule has 0 N–H and O–H groups in total. The molecule has 10 rings (SSSR count). The number of aromatic nitrogens is 2. The van der Waals surface area contributed by atoms with Gasteiger partial charge in [-0.3, -0.25) is 4.98 Å². The molecule has 2 aromatic heterocycles. The van der Waals surface area contributed by atoms with Crippen molar-refractivity contribution in [1.82, 2.24) is 9.55 Å². The zero-order valence-corrected chi connectivity index (χ0v) is 27.8. The quantitative estimate of drug-likeness (QED) is 0.178. The van der Waals surface area contributed by atoms with Gasteiger partial charge in [-0.2, -0.15) is 0 Å². The van der Waals surface area contributed by atoms with Gasteiger partial charge in [0.1, 0.15) is 0 Å². The Morgan fingerprint density at radius 3 is 1.78 bits per heavy atom. The van der Waals surface area contributed by atoms with Crippen LogP contribution in [-0.2, 0) is 5.41 Å². The first-order valence-electron chi connectivity index (χ1n) is 17.1. The lowest BCUT2D eigenvalue weighted by Crippen LogP contribution is -2.15. The summed E-state index contributed by atoms with van der Waals surface area (Å²) in [5.74, 6) is 0. The van der Waals surface area contributed by atoms with E-state index in [2.05, 4.69) is 177 Å². The Balaban J connectivity index is 1.22. The molecular formula is C47H34N2. The van der Waals surface area contributed by atoms with Crippen molar-refractivity contribution in [3.63, 3.8) is 0 Å². The maximum Gasteiger partial charge on any atom is 0.0717 e. The van der Waals surface area contributed by atoms with E-state index in [0.717, 1.165) is 11.4 Å². The van der Waals surface area contributed by atoms with Crippen LogP contribution in [0.1, 0.15) is 30.7 Å². The lowest BCUT2D eigenvalue weighted by atomic mass is 9.80. The molecule has 0 spiro atoms. The first-order chi connectivity index (χ1) is 24.0. The minimum absolute atomic E-state index is 0.177. The van der Waals surface area contributed by atoms with Crippen LogP contribution in [0.2, 0.25) is 0 Å². The van der Waals surface area contributed by atoms with Gasteiger partial charge in [0.05, 0.1) is 16.7 Å². The lowest BCUT2D eigenvalue weighted by Gasteiger charge is -2.23. The smallest absolute Gasteiger partial charge is 0.0717 e. The summed E-state index contributed by atoms with van der Waals surface area (Å²) in [4.78, 5) is 5.00. The number of hydrogen-bond donors (Lipinski definition) is 0. The molecule has 7 aromatic carbocycles. The van der Waals surface area contributed by atoms with E-state index in [0.29, 0.717) is 0 Å². The summed E-state index contributed by atoms with van der Waals surface area (Å²) in [5, 5.41) is 7.54. The van der Waals surface area contributed by atoms with Gasteiger partial charge in [-0.15, -0.1) is 0 Å². The Hall–Kier alpha value is -5.99. The number of aryl methyl sites for hydroxylation is 1. The van der Waals surface area contributed by atoms with E-state index < -0.39 is 0 Å². The van der Waals surface area contributed by atoms with Crippen molar-refractivity contribution in [2.45, 2.75) is 26.2 Å². The highest BCUT2D eigenvalue weighted by Gasteiger charge is 2.37. The minimum Gasteiger partial charge on any atom is -0.309 e. The van der Waals surface area contributed by atoms with E-state index in [9.17, 15) is 0 Å². The van der Waals surface area contributed by atoms with Crippen molar-refractivity contribution in [2.24, 2.45) is 0 Å². The largest absolute Gasteiger partial charge is 0.309 e. The van der Waals surface area contributed by atoms with E-state index in [4.69, 9.17) is 4.98 Å². The molecule has 2 nitrogen and oxygen atoms in total. The van der Waals surface area contributed by atoms with Gasteiger partial charge in [0.15, 0.2) is 0 Å². The van der Waals surface area contributed by atoms with Crippen LogP contribution in [0.15, 0.2) is 152 Å². The number of pyridine rings is 1. The summed E-state index contributed by atoms with van der Waals surface area (Å²) >= 11 is 0. The Morgan fingerprint density at radius 2 is 1.08 bits per heavy atom. The summed E-state index contributed by atoms with van der Waals surface area (Å²) in [5.41, 5.74) is 14.7. The van der Waals surface area contributed by atoms with Crippen LogP contribution >= 0.6 is 0 Å². The number of para-hydroxylation sites is 2. The molecule has 0 saturated heterocycles. The predicted octanol–water partition coefficient (Wildman–Crippen LogP) is 12.4. The molecular weight excluding hydrogens is 593 g/mol. The third kappa shape index (κ3) is 3.98. The Labute approximate surface area is 285 Å². The van der Waals surface area contributed by atoms with Gasteiger partial charge in [0.2, 0.25) is 0 Å². The van der Waals surface area contributed by atoms with E-state index in [1.165, 1.54) is 88.0 Å². The summed E-state index contributed by atoms with van der Waals surface area (Å²) in [6, 6.07) is 55.7. The average molecular weight is 627 g/mol. The second-order valence-corrected chi connectivity index (χ2v) is 14.0. The molecule has 1 aliphatic rings. The highest BCUT2D eigenvalue weighted by molar-refractivity contribution is 6.21. The predicted molar refractivity (Wildman–Crippen MR) is 207 cm³/mol. The normalized spacial score (nSPS) is 13.4. The van der Waals surface area contributed by atoms with E-state index in [1.54, 1.807) is 0 Å². The van der Waals surface area contributed by atoms with Crippen molar-refractivity contribution in [2.75, 3.05) is 0 Å². The Kier molecular flexibility index (Phi) is 5.87. The average Bonchev–Trinajstić information content (AvgIpc) is 3.57. The fourth-order valence-corrected chi connectivity index (χ4v) is 8.60. The van der Waals surface area contributed by atoms with Gasteiger partial charge in [0.25, 0.3) is 0 Å². The Morgan fingerprint density at radius 1 is 0.469 bits per heavy atom. The van der Waals surface area contributed by atoms with Crippen LogP contribution in [0.25, 0.3) is 82.5 Å². The van der Waals surface area contributed by atoms with Crippen LogP contribution in [0.3, 0.4) is 0 Å². The molecule has 0 saturated carbocycles. The van der Waals surface area contributed by atoms with Crippen molar-refractivity contribution in [3.8, 4) is 39.2 Å². The van der Waals surface area contributed by atoms with Gasteiger partial charge in [-0.05, 0) is 110 Å². The third-order valence-electron chi connectivity index (χ3n) is 10.8. The molecule has 49 heavy (non-hydrogen) atoms. The first kappa shape index (κ1) is 28.1. The van der Waals surface area contributed by atoms with E-state index >= 15 is 0 Å². The second-order valence-electron chi connectivity index (χ2n) is 14.0. The number of nitrogens with zero attached hydrogens (tertiary/aromatic N) is 2. The zero-order valence-electron chi connectivity index (χ0n) is 27.8. The number of benzene rings is 7. The zero-order chi connectivity index (χ0) is 32.9. The van der Waals surface area contributed by atoms with E-state index in [-0.39, 0.29) is 5.41 Å². The van der Waals surface area contributed by atoms with Crippen LogP contribution in [0.4, 0.5) is 0 Å². The molecule has 1 aliphatic carbocycles. The molecule has 0 unspecified atom stereocenters. The molecule has 0 aliphatic heterocycles. The molecule has 2 heteroatoms. The topological polar surface area (TPSA) is 17.8 Å². The minimum atomic E-state index is -0.177. The number of hydrogen-bond acceptors (Lipinski definition) is 1. The number of rotatable bonds is 3. The molecule has 0 radical (unpaired) electrons. The standard InChI is InChI=1S/C47H34N2/c1-29-14-13-22-42(48-29)46-36-20-9-7-18-34(36)45(35-19-8-10-21-37(35)46)30-24-25-32-38-27-39-33-17-11-12-23-43(33)49(31-15-5-4-6-16-31)44(39)28-41(38)47(2,3)40(32)26-30/h4-28H,1-3H3.